The van der Waals surface area contributed by atoms with Crippen molar-refractivity contribution in [3.8, 4) is 5.82 Å². The van der Waals surface area contributed by atoms with E-state index in [1.54, 1.807) is 15.7 Å². The van der Waals surface area contributed by atoms with Crippen molar-refractivity contribution < 1.29 is 4.79 Å². The minimum absolute atomic E-state index is 0.174. The predicted octanol–water partition coefficient (Wildman–Crippen LogP) is 2.60. The van der Waals surface area contributed by atoms with Gasteiger partial charge < -0.3 is 4.90 Å². The lowest BCUT2D eigenvalue weighted by atomic mass is 10.3. The summed E-state index contributed by atoms with van der Waals surface area (Å²) in [6.07, 6.45) is 5.68. The van der Waals surface area contributed by atoms with Crippen LogP contribution in [0.2, 0.25) is 0 Å². The van der Waals surface area contributed by atoms with Crippen molar-refractivity contribution in [3.05, 3.63) is 46.8 Å². The first kappa shape index (κ1) is 14.1. The highest BCUT2D eigenvalue weighted by Crippen LogP contribution is 2.11. The number of likely N-dealkylation sites (tertiary alicyclic amines) is 1. The number of thiazole rings is 1. The zero-order chi connectivity index (χ0) is 15.6. The molecule has 1 aromatic carbocycles. The van der Waals surface area contributed by atoms with E-state index < -0.39 is 0 Å². The molecule has 4 rings (SSSR count). The molecule has 0 atom stereocenters. The number of nitrogens with zero attached hydrogens (tertiary/aromatic N) is 5. The van der Waals surface area contributed by atoms with Gasteiger partial charge in [0.15, 0.2) is 10.6 Å². The minimum atomic E-state index is -0.174. The number of aromatic nitrogens is 3. The molecule has 1 saturated heterocycles. The summed E-state index contributed by atoms with van der Waals surface area (Å²) in [5.41, 5.74) is 1.67. The molecule has 1 fully saturated rings. The van der Waals surface area contributed by atoms with E-state index in [0.717, 1.165) is 37.0 Å². The van der Waals surface area contributed by atoms with Gasteiger partial charge in [0.05, 0.1) is 17.2 Å². The number of carbonyl (C=O) groups excluding carboxylic acids is 1. The highest BCUT2D eigenvalue weighted by Gasteiger charge is 2.17. The first-order valence-electron chi connectivity index (χ1n) is 7.53. The molecule has 0 radical (unpaired) electrons. The van der Waals surface area contributed by atoms with Crippen molar-refractivity contribution >= 4 is 28.4 Å². The highest BCUT2D eigenvalue weighted by atomic mass is 32.1. The van der Waals surface area contributed by atoms with Crippen LogP contribution in [0.4, 0.5) is 4.79 Å². The summed E-state index contributed by atoms with van der Waals surface area (Å²) in [6, 6.07) is 7.54. The molecule has 7 heteroatoms. The lowest BCUT2D eigenvalue weighted by Gasteiger charge is -2.10. The molecule has 0 saturated carbocycles. The molecular weight excluding hydrogens is 310 g/mol. The number of para-hydroxylation sites is 2. The van der Waals surface area contributed by atoms with Gasteiger partial charge in [0.1, 0.15) is 0 Å². The van der Waals surface area contributed by atoms with Crippen LogP contribution >= 0.6 is 11.3 Å². The van der Waals surface area contributed by atoms with Crippen molar-refractivity contribution in [2.45, 2.75) is 12.8 Å². The molecule has 3 heterocycles. The summed E-state index contributed by atoms with van der Waals surface area (Å²) in [4.78, 5) is 27.9. The Bertz CT molecular complexity index is 923. The Morgan fingerprint density at radius 2 is 1.96 bits per heavy atom. The normalized spacial score (nSPS) is 15.5. The molecule has 116 valence electrons. The average molecular weight is 325 g/mol. The number of benzene rings is 1. The van der Waals surface area contributed by atoms with Crippen LogP contribution < -0.4 is 4.80 Å². The van der Waals surface area contributed by atoms with E-state index in [9.17, 15) is 4.79 Å². The molecule has 6 nitrogen and oxygen atoms in total. The van der Waals surface area contributed by atoms with Gasteiger partial charge >= 0.3 is 6.03 Å². The molecule has 0 N–H and O–H groups in total. The van der Waals surface area contributed by atoms with Gasteiger partial charge in [0, 0.05) is 24.7 Å². The van der Waals surface area contributed by atoms with Gasteiger partial charge in [-0.15, -0.1) is 11.3 Å². The van der Waals surface area contributed by atoms with Crippen LogP contribution in [0.5, 0.6) is 0 Å². The molecule has 2 amide bonds. The van der Waals surface area contributed by atoms with Crippen LogP contribution in [0.3, 0.4) is 0 Å². The van der Waals surface area contributed by atoms with Crippen molar-refractivity contribution in [1.82, 2.24) is 19.4 Å². The van der Waals surface area contributed by atoms with Gasteiger partial charge in [-0.1, -0.05) is 12.1 Å². The number of hydrogen-bond donors (Lipinski definition) is 0. The van der Waals surface area contributed by atoms with E-state index in [2.05, 4.69) is 15.0 Å². The van der Waals surface area contributed by atoms with Crippen LogP contribution in [0.1, 0.15) is 12.8 Å². The Hall–Kier alpha value is -2.54. The summed E-state index contributed by atoms with van der Waals surface area (Å²) in [5, 5.41) is 1.90. The number of amides is 2. The second kappa shape index (κ2) is 5.92. The molecule has 1 aliphatic rings. The number of fused-ring (bicyclic) bond motifs is 1. The number of hydrogen-bond acceptors (Lipinski definition) is 4. The fourth-order valence-corrected chi connectivity index (χ4v) is 3.35. The van der Waals surface area contributed by atoms with E-state index in [4.69, 9.17) is 0 Å². The molecule has 0 aliphatic carbocycles. The van der Waals surface area contributed by atoms with Crippen LogP contribution in [0.25, 0.3) is 16.9 Å². The fraction of sp³-hybridized carbons (Fsp3) is 0.250. The van der Waals surface area contributed by atoms with E-state index in [-0.39, 0.29) is 6.03 Å². The highest BCUT2D eigenvalue weighted by molar-refractivity contribution is 7.07. The average Bonchev–Trinajstić information content (AvgIpc) is 3.26. The van der Waals surface area contributed by atoms with Gasteiger partial charge in [0.2, 0.25) is 0 Å². The standard InChI is InChI=1S/C16H15N5OS/c22-15(20-7-3-4-8-20)19-16-21(9-10-23-16)14-11-17-12-5-1-2-6-13(12)18-14/h1-2,5-6,9-11H,3-4,7-8H2. The Balaban J connectivity index is 1.74. The summed E-state index contributed by atoms with van der Waals surface area (Å²) >= 11 is 1.42. The summed E-state index contributed by atoms with van der Waals surface area (Å²) in [6.45, 7) is 1.59. The van der Waals surface area contributed by atoms with Gasteiger partial charge in [-0.2, -0.15) is 4.99 Å². The molecule has 3 aromatic rings. The quantitative estimate of drug-likeness (QED) is 0.691. The maximum absolute atomic E-state index is 12.2. The molecule has 2 aromatic heterocycles. The summed E-state index contributed by atoms with van der Waals surface area (Å²) in [5.74, 6) is 0.665. The second-order valence-electron chi connectivity index (χ2n) is 5.36. The third-order valence-electron chi connectivity index (χ3n) is 3.84. The first-order chi connectivity index (χ1) is 11.3. The predicted molar refractivity (Wildman–Crippen MR) is 88.5 cm³/mol. The van der Waals surface area contributed by atoms with E-state index in [1.165, 1.54) is 11.3 Å². The van der Waals surface area contributed by atoms with Gasteiger partial charge in [0.25, 0.3) is 0 Å². The van der Waals surface area contributed by atoms with Crippen LogP contribution in [0.15, 0.2) is 47.0 Å². The minimum Gasteiger partial charge on any atom is -0.323 e. The fourth-order valence-electron chi connectivity index (χ4n) is 2.65. The summed E-state index contributed by atoms with van der Waals surface area (Å²) in [7, 11) is 0. The smallest absolute Gasteiger partial charge is 0.323 e. The lowest BCUT2D eigenvalue weighted by Crippen LogP contribution is -2.27. The molecule has 23 heavy (non-hydrogen) atoms. The van der Waals surface area contributed by atoms with E-state index in [0.29, 0.717) is 10.6 Å². The molecular formula is C16H15N5OS. The van der Waals surface area contributed by atoms with Crippen molar-refractivity contribution in [2.24, 2.45) is 4.99 Å². The SMILES string of the molecule is O=C(N=c1sccn1-c1cnc2ccccc2n1)N1CCCC1. The monoisotopic (exact) mass is 325 g/mol. The maximum atomic E-state index is 12.2. The second-order valence-corrected chi connectivity index (χ2v) is 6.23. The number of urea groups is 1. The third kappa shape index (κ3) is 2.75. The molecule has 0 unspecified atom stereocenters. The molecule has 0 spiro atoms. The zero-order valence-electron chi connectivity index (χ0n) is 12.4. The van der Waals surface area contributed by atoms with Crippen LogP contribution in [0, 0.1) is 0 Å². The topological polar surface area (TPSA) is 63.4 Å². The van der Waals surface area contributed by atoms with Crippen molar-refractivity contribution in [1.29, 1.82) is 0 Å². The van der Waals surface area contributed by atoms with E-state index >= 15 is 0 Å². The van der Waals surface area contributed by atoms with Crippen LogP contribution in [-0.2, 0) is 0 Å². The summed E-state index contributed by atoms with van der Waals surface area (Å²) < 4.78 is 1.80. The van der Waals surface area contributed by atoms with Gasteiger partial charge in [-0.3, -0.25) is 9.55 Å². The third-order valence-corrected chi connectivity index (χ3v) is 4.60. The van der Waals surface area contributed by atoms with Crippen LogP contribution in [-0.4, -0.2) is 38.6 Å². The first-order valence-corrected chi connectivity index (χ1v) is 8.41. The Morgan fingerprint density at radius 3 is 2.78 bits per heavy atom. The van der Waals surface area contributed by atoms with Crippen molar-refractivity contribution in [2.75, 3.05) is 13.1 Å². The largest absolute Gasteiger partial charge is 0.346 e. The Morgan fingerprint density at radius 1 is 1.17 bits per heavy atom. The Kier molecular flexibility index (Phi) is 3.63. The zero-order valence-corrected chi connectivity index (χ0v) is 13.2. The van der Waals surface area contributed by atoms with E-state index in [1.807, 2.05) is 35.8 Å². The maximum Gasteiger partial charge on any atom is 0.346 e. The number of rotatable bonds is 1. The van der Waals surface area contributed by atoms with Crippen molar-refractivity contribution in [3.63, 3.8) is 0 Å². The molecule has 1 aliphatic heterocycles. The van der Waals surface area contributed by atoms with Gasteiger partial charge in [-0.05, 0) is 25.0 Å². The Labute approximate surface area is 136 Å². The lowest BCUT2D eigenvalue weighted by molar-refractivity contribution is 0.218. The van der Waals surface area contributed by atoms with Gasteiger partial charge in [-0.25, -0.2) is 9.78 Å². The molecule has 0 bridgehead atoms. The number of carbonyl (C=O) groups is 1.